The Hall–Kier alpha value is -2.85. The van der Waals surface area contributed by atoms with Crippen LogP contribution in [0.3, 0.4) is 0 Å². The van der Waals surface area contributed by atoms with Gasteiger partial charge in [-0.25, -0.2) is 22.7 Å². The smallest absolute Gasteiger partial charge is 0.312 e. The lowest BCUT2D eigenvalue weighted by Gasteiger charge is -2.19. The average Bonchev–Trinajstić information content (AvgIpc) is 2.99. The van der Waals surface area contributed by atoms with Crippen LogP contribution in [0.1, 0.15) is 32.3 Å². The minimum atomic E-state index is -3.54. The van der Waals surface area contributed by atoms with E-state index >= 15 is 0 Å². The molecule has 0 spiro atoms. The summed E-state index contributed by atoms with van der Waals surface area (Å²) in [6.07, 6.45) is -0.0141. The zero-order valence-corrected chi connectivity index (χ0v) is 18.7. The molecule has 0 bridgehead atoms. The van der Waals surface area contributed by atoms with Gasteiger partial charge in [0, 0.05) is 25.7 Å². The van der Waals surface area contributed by atoms with Crippen LogP contribution in [0.2, 0.25) is 0 Å². The molecule has 2 heterocycles. The van der Waals surface area contributed by atoms with E-state index in [1.807, 2.05) is 0 Å². The molecule has 3 rings (SSSR count). The fraction of sp³-hybridized carbons (Fsp3) is 0.400. The van der Waals surface area contributed by atoms with E-state index in [0.29, 0.717) is 28.6 Å². The SMILES string of the molecule is Cc1nc2cc(CC(=O)OC(C)(C)C)nc(-c3ccc(S(=O)(=O)N(C)C)cc3)n2n1. The molecule has 0 radical (unpaired) electrons. The van der Waals surface area contributed by atoms with E-state index in [4.69, 9.17) is 4.74 Å². The van der Waals surface area contributed by atoms with Crippen molar-refractivity contribution in [2.24, 2.45) is 0 Å². The summed E-state index contributed by atoms with van der Waals surface area (Å²) in [7, 11) is -0.581. The summed E-state index contributed by atoms with van der Waals surface area (Å²) >= 11 is 0. The Labute approximate surface area is 175 Å². The summed E-state index contributed by atoms with van der Waals surface area (Å²) in [6.45, 7) is 7.17. The van der Waals surface area contributed by atoms with E-state index in [-0.39, 0.29) is 11.3 Å². The number of carbonyl (C=O) groups excluding carboxylic acids is 1. The van der Waals surface area contributed by atoms with Gasteiger partial charge in [-0.1, -0.05) is 0 Å². The van der Waals surface area contributed by atoms with Gasteiger partial charge in [-0.15, -0.1) is 5.10 Å². The second-order valence-electron chi connectivity index (χ2n) is 8.08. The van der Waals surface area contributed by atoms with E-state index in [0.717, 1.165) is 4.31 Å². The number of hydrogen-bond donors (Lipinski definition) is 0. The first-order valence-corrected chi connectivity index (χ1v) is 10.8. The van der Waals surface area contributed by atoms with Gasteiger partial charge in [0.2, 0.25) is 10.0 Å². The number of rotatable bonds is 5. The van der Waals surface area contributed by atoms with E-state index < -0.39 is 21.6 Å². The lowest BCUT2D eigenvalue weighted by molar-refractivity contribution is -0.153. The highest BCUT2D eigenvalue weighted by Gasteiger charge is 2.20. The molecule has 0 aliphatic heterocycles. The highest BCUT2D eigenvalue weighted by atomic mass is 32.2. The number of fused-ring (bicyclic) bond motifs is 1. The molecule has 3 aromatic rings. The minimum absolute atomic E-state index is 0.0141. The molecular formula is C20H25N5O4S. The number of sulfonamides is 1. The maximum atomic E-state index is 12.3. The number of carbonyl (C=O) groups is 1. The van der Waals surface area contributed by atoms with Gasteiger partial charge in [0.25, 0.3) is 0 Å². The summed E-state index contributed by atoms with van der Waals surface area (Å²) in [5.74, 6) is 0.619. The molecule has 30 heavy (non-hydrogen) atoms. The second-order valence-corrected chi connectivity index (χ2v) is 10.2. The fourth-order valence-electron chi connectivity index (χ4n) is 2.84. The van der Waals surface area contributed by atoms with Crippen LogP contribution in [0.5, 0.6) is 0 Å². The first-order valence-electron chi connectivity index (χ1n) is 9.35. The maximum absolute atomic E-state index is 12.3. The highest BCUT2D eigenvalue weighted by molar-refractivity contribution is 7.89. The van der Waals surface area contributed by atoms with E-state index in [9.17, 15) is 13.2 Å². The predicted molar refractivity (Wildman–Crippen MR) is 111 cm³/mol. The molecule has 0 aliphatic rings. The van der Waals surface area contributed by atoms with Crippen molar-refractivity contribution in [3.05, 3.63) is 41.9 Å². The topological polar surface area (TPSA) is 107 Å². The zero-order valence-electron chi connectivity index (χ0n) is 17.9. The maximum Gasteiger partial charge on any atom is 0.312 e. The largest absolute Gasteiger partial charge is 0.460 e. The number of ether oxygens (including phenoxy) is 1. The number of aryl methyl sites for hydroxylation is 1. The molecule has 2 aromatic heterocycles. The van der Waals surface area contributed by atoms with Crippen LogP contribution in [-0.4, -0.2) is 58.0 Å². The normalized spacial score (nSPS) is 12.5. The molecule has 1 aromatic carbocycles. The molecule has 160 valence electrons. The molecular weight excluding hydrogens is 406 g/mol. The Bertz CT molecular complexity index is 1190. The molecule has 0 atom stereocenters. The third-order valence-electron chi connectivity index (χ3n) is 4.12. The molecule has 0 aliphatic carbocycles. The van der Waals surface area contributed by atoms with Crippen LogP contribution in [0, 0.1) is 6.92 Å². The van der Waals surface area contributed by atoms with Crippen LogP contribution in [0.4, 0.5) is 0 Å². The standard InChI is InChI=1S/C20H25N5O4S/c1-13-21-17-11-15(12-18(26)29-20(2,3)4)22-19(25(17)23-13)14-7-9-16(10-8-14)30(27,28)24(5)6/h7-11H,12H2,1-6H3. The Morgan fingerprint density at radius 3 is 2.33 bits per heavy atom. The quantitative estimate of drug-likeness (QED) is 0.570. The van der Waals surface area contributed by atoms with Crippen molar-refractivity contribution in [2.75, 3.05) is 14.1 Å². The minimum Gasteiger partial charge on any atom is -0.460 e. The predicted octanol–water partition coefficient (Wildman–Crippen LogP) is 2.23. The van der Waals surface area contributed by atoms with Gasteiger partial charge in [-0.05, 0) is 52.0 Å². The number of hydrogen-bond acceptors (Lipinski definition) is 7. The van der Waals surface area contributed by atoms with Crippen molar-refractivity contribution < 1.29 is 17.9 Å². The van der Waals surface area contributed by atoms with Crippen molar-refractivity contribution in [1.29, 1.82) is 0 Å². The van der Waals surface area contributed by atoms with Gasteiger partial charge >= 0.3 is 5.97 Å². The molecule has 0 unspecified atom stereocenters. The Morgan fingerprint density at radius 2 is 1.77 bits per heavy atom. The Balaban J connectivity index is 2.03. The summed E-state index contributed by atoms with van der Waals surface area (Å²) in [4.78, 5) is 21.4. The van der Waals surface area contributed by atoms with Crippen molar-refractivity contribution in [2.45, 2.75) is 44.6 Å². The Kier molecular flexibility index (Phi) is 5.66. The van der Waals surface area contributed by atoms with Gasteiger partial charge in [0.1, 0.15) is 11.4 Å². The van der Waals surface area contributed by atoms with Crippen LogP contribution in [-0.2, 0) is 26.0 Å². The average molecular weight is 432 g/mol. The second kappa shape index (κ2) is 7.77. The lowest BCUT2D eigenvalue weighted by atomic mass is 10.2. The summed E-state index contributed by atoms with van der Waals surface area (Å²) in [6, 6.07) is 8.04. The van der Waals surface area contributed by atoms with E-state index in [2.05, 4.69) is 15.1 Å². The summed E-state index contributed by atoms with van der Waals surface area (Å²) in [5, 5.41) is 4.37. The van der Waals surface area contributed by atoms with Gasteiger partial charge in [0.05, 0.1) is 17.0 Å². The van der Waals surface area contributed by atoms with E-state index in [1.165, 1.54) is 26.2 Å². The number of aromatic nitrogens is 4. The van der Waals surface area contributed by atoms with Crippen LogP contribution < -0.4 is 0 Å². The van der Waals surface area contributed by atoms with Crippen molar-refractivity contribution >= 4 is 21.6 Å². The highest BCUT2D eigenvalue weighted by Crippen LogP contribution is 2.23. The number of nitrogens with zero attached hydrogens (tertiary/aromatic N) is 5. The molecule has 9 nitrogen and oxygen atoms in total. The first kappa shape index (κ1) is 21.8. The summed E-state index contributed by atoms with van der Waals surface area (Å²) in [5.41, 5.74) is 1.09. The number of benzene rings is 1. The van der Waals surface area contributed by atoms with Gasteiger partial charge in [-0.2, -0.15) is 4.52 Å². The van der Waals surface area contributed by atoms with Crippen molar-refractivity contribution in [3.63, 3.8) is 0 Å². The van der Waals surface area contributed by atoms with E-state index in [1.54, 1.807) is 50.4 Å². The fourth-order valence-corrected chi connectivity index (χ4v) is 3.74. The third kappa shape index (κ3) is 4.65. The lowest BCUT2D eigenvalue weighted by Crippen LogP contribution is -2.25. The van der Waals surface area contributed by atoms with Gasteiger partial charge < -0.3 is 4.74 Å². The first-order chi connectivity index (χ1) is 13.9. The van der Waals surface area contributed by atoms with Crippen molar-refractivity contribution in [1.82, 2.24) is 23.9 Å². The molecule has 0 saturated heterocycles. The number of esters is 1. The van der Waals surface area contributed by atoms with Crippen LogP contribution >= 0.6 is 0 Å². The molecule has 0 amide bonds. The Morgan fingerprint density at radius 1 is 1.13 bits per heavy atom. The monoisotopic (exact) mass is 431 g/mol. The molecule has 10 heteroatoms. The van der Waals surface area contributed by atoms with Crippen LogP contribution in [0.15, 0.2) is 35.2 Å². The van der Waals surface area contributed by atoms with Crippen LogP contribution in [0.25, 0.3) is 17.0 Å². The molecule has 0 saturated carbocycles. The van der Waals surface area contributed by atoms with Gasteiger partial charge in [-0.3, -0.25) is 4.79 Å². The molecule has 0 fully saturated rings. The summed E-state index contributed by atoms with van der Waals surface area (Å²) < 4.78 is 32.7. The van der Waals surface area contributed by atoms with Gasteiger partial charge in [0.15, 0.2) is 11.5 Å². The molecule has 0 N–H and O–H groups in total. The van der Waals surface area contributed by atoms with Crippen molar-refractivity contribution in [3.8, 4) is 11.4 Å². The third-order valence-corrected chi connectivity index (χ3v) is 5.95. The zero-order chi connectivity index (χ0) is 22.3.